The minimum atomic E-state index is -0.0299. The Hall–Kier alpha value is -1.26. The molecule has 0 saturated carbocycles. The van der Waals surface area contributed by atoms with E-state index in [1.165, 1.54) is 25.9 Å². The third-order valence-corrected chi connectivity index (χ3v) is 4.12. The highest BCUT2D eigenvalue weighted by molar-refractivity contribution is 6.30. The third-order valence-electron chi connectivity index (χ3n) is 3.88. The number of carbonyl (C=O) groups is 1. The van der Waals surface area contributed by atoms with E-state index in [0.717, 1.165) is 18.8 Å². The molecule has 4 nitrogen and oxygen atoms in total. The van der Waals surface area contributed by atoms with E-state index < -0.39 is 0 Å². The monoisotopic (exact) mass is 279 g/mol. The maximum atomic E-state index is 12.0. The summed E-state index contributed by atoms with van der Waals surface area (Å²) in [6.45, 7) is 4.06. The molecule has 2 heterocycles. The zero-order valence-electron chi connectivity index (χ0n) is 10.8. The van der Waals surface area contributed by atoms with Gasteiger partial charge in [-0.2, -0.15) is 0 Å². The van der Waals surface area contributed by atoms with Crippen molar-refractivity contribution in [3.05, 3.63) is 29.3 Å². The number of likely N-dealkylation sites (tertiary alicyclic amines) is 2. The summed E-state index contributed by atoms with van der Waals surface area (Å²) >= 11 is 5.89. The Balaban J connectivity index is 1.50. The number of nitrogens with one attached hydrogen (secondary N) is 1. The standard InChI is InChI=1S/C14H18ClN3O/c15-11-4-3-5-12(8-11)16-14(19)18-9-13(10-18)17-6-1-2-7-17/h3-5,8,13H,1-2,6-7,9-10H2,(H,16,19). The number of nitrogens with zero attached hydrogens (tertiary/aromatic N) is 2. The summed E-state index contributed by atoms with van der Waals surface area (Å²) in [6.07, 6.45) is 2.59. The molecule has 3 rings (SSSR count). The normalized spacial score (nSPS) is 20.4. The molecule has 1 aromatic carbocycles. The zero-order chi connectivity index (χ0) is 13.2. The molecule has 0 spiro atoms. The number of halogens is 1. The van der Waals surface area contributed by atoms with Gasteiger partial charge in [0.15, 0.2) is 0 Å². The van der Waals surface area contributed by atoms with Crippen LogP contribution in [-0.2, 0) is 0 Å². The van der Waals surface area contributed by atoms with Crippen LogP contribution in [0.3, 0.4) is 0 Å². The molecule has 102 valence electrons. The van der Waals surface area contributed by atoms with E-state index >= 15 is 0 Å². The van der Waals surface area contributed by atoms with Gasteiger partial charge >= 0.3 is 6.03 Å². The van der Waals surface area contributed by atoms with E-state index in [2.05, 4.69) is 10.2 Å². The van der Waals surface area contributed by atoms with Gasteiger partial charge in [0.05, 0.1) is 0 Å². The van der Waals surface area contributed by atoms with Crippen molar-refractivity contribution >= 4 is 23.3 Å². The summed E-state index contributed by atoms with van der Waals surface area (Å²) < 4.78 is 0. The Morgan fingerprint density at radius 3 is 2.68 bits per heavy atom. The summed E-state index contributed by atoms with van der Waals surface area (Å²) in [4.78, 5) is 16.4. The maximum absolute atomic E-state index is 12.0. The highest BCUT2D eigenvalue weighted by Crippen LogP contribution is 2.21. The lowest BCUT2D eigenvalue weighted by atomic mass is 10.1. The van der Waals surface area contributed by atoms with E-state index in [1.54, 1.807) is 12.1 Å². The van der Waals surface area contributed by atoms with Crippen LogP contribution >= 0.6 is 11.6 Å². The molecule has 0 aliphatic carbocycles. The topological polar surface area (TPSA) is 35.6 Å². The molecule has 0 atom stereocenters. The summed E-state index contributed by atoms with van der Waals surface area (Å²) in [5, 5.41) is 3.52. The number of hydrogen-bond donors (Lipinski definition) is 1. The van der Waals surface area contributed by atoms with Crippen LogP contribution in [0.1, 0.15) is 12.8 Å². The summed E-state index contributed by atoms with van der Waals surface area (Å²) in [7, 11) is 0. The number of benzene rings is 1. The lowest BCUT2D eigenvalue weighted by Crippen LogP contribution is -2.61. The van der Waals surface area contributed by atoms with Gasteiger partial charge in [-0.15, -0.1) is 0 Å². The van der Waals surface area contributed by atoms with Gasteiger partial charge in [-0.3, -0.25) is 4.90 Å². The van der Waals surface area contributed by atoms with Crippen LogP contribution in [0.15, 0.2) is 24.3 Å². The Morgan fingerprint density at radius 1 is 1.26 bits per heavy atom. The van der Waals surface area contributed by atoms with Crippen molar-refractivity contribution in [2.45, 2.75) is 18.9 Å². The smallest absolute Gasteiger partial charge is 0.321 e. The molecule has 0 aromatic heterocycles. The first kappa shape index (κ1) is 12.8. The largest absolute Gasteiger partial charge is 0.321 e. The molecule has 2 aliphatic heterocycles. The molecular weight excluding hydrogens is 262 g/mol. The number of amides is 2. The highest BCUT2D eigenvalue weighted by Gasteiger charge is 2.35. The van der Waals surface area contributed by atoms with Crippen molar-refractivity contribution < 1.29 is 4.79 Å². The second-order valence-electron chi connectivity index (χ2n) is 5.24. The highest BCUT2D eigenvalue weighted by atomic mass is 35.5. The number of urea groups is 1. The number of rotatable bonds is 2. The van der Waals surface area contributed by atoms with E-state index in [4.69, 9.17) is 11.6 Å². The fourth-order valence-corrected chi connectivity index (χ4v) is 2.92. The Bertz CT molecular complexity index is 468. The molecule has 1 N–H and O–H groups in total. The van der Waals surface area contributed by atoms with Gasteiger partial charge in [-0.25, -0.2) is 4.79 Å². The average molecular weight is 280 g/mol. The third kappa shape index (κ3) is 2.85. The lowest BCUT2D eigenvalue weighted by Gasteiger charge is -2.43. The van der Waals surface area contributed by atoms with Gasteiger partial charge in [0.25, 0.3) is 0 Å². The van der Waals surface area contributed by atoms with Crippen LogP contribution in [0.25, 0.3) is 0 Å². The molecule has 0 bridgehead atoms. The minimum absolute atomic E-state index is 0.0299. The second kappa shape index (κ2) is 5.39. The van der Waals surface area contributed by atoms with E-state index in [0.29, 0.717) is 11.1 Å². The van der Waals surface area contributed by atoms with Crippen LogP contribution in [0, 0.1) is 0 Å². The van der Waals surface area contributed by atoms with Crippen molar-refractivity contribution in [1.82, 2.24) is 9.80 Å². The zero-order valence-corrected chi connectivity index (χ0v) is 11.6. The quantitative estimate of drug-likeness (QED) is 0.903. The maximum Gasteiger partial charge on any atom is 0.321 e. The van der Waals surface area contributed by atoms with Crippen LogP contribution < -0.4 is 5.32 Å². The molecule has 2 aliphatic rings. The Labute approximate surface area is 118 Å². The SMILES string of the molecule is O=C(Nc1cccc(Cl)c1)N1CC(N2CCCC2)C1. The second-order valence-corrected chi connectivity index (χ2v) is 5.68. The fourth-order valence-electron chi connectivity index (χ4n) is 2.73. The summed E-state index contributed by atoms with van der Waals surface area (Å²) in [5.41, 5.74) is 0.752. The van der Waals surface area contributed by atoms with E-state index in [-0.39, 0.29) is 6.03 Å². The Morgan fingerprint density at radius 2 is 2.00 bits per heavy atom. The van der Waals surface area contributed by atoms with Crippen LogP contribution in [0.5, 0.6) is 0 Å². The van der Waals surface area contributed by atoms with Gasteiger partial charge < -0.3 is 10.2 Å². The fraction of sp³-hybridized carbons (Fsp3) is 0.500. The van der Waals surface area contributed by atoms with Gasteiger partial charge in [0, 0.05) is 29.8 Å². The molecule has 0 radical (unpaired) electrons. The van der Waals surface area contributed by atoms with Crippen LogP contribution in [0.2, 0.25) is 5.02 Å². The minimum Gasteiger partial charge on any atom is -0.321 e. The number of hydrogen-bond acceptors (Lipinski definition) is 2. The first-order chi connectivity index (χ1) is 9.22. The first-order valence-corrected chi connectivity index (χ1v) is 7.16. The van der Waals surface area contributed by atoms with Crippen molar-refractivity contribution in [1.29, 1.82) is 0 Å². The molecule has 1 aromatic rings. The van der Waals surface area contributed by atoms with E-state index in [9.17, 15) is 4.79 Å². The first-order valence-electron chi connectivity index (χ1n) is 6.78. The van der Waals surface area contributed by atoms with Gasteiger partial charge in [0.1, 0.15) is 0 Å². The molecule has 5 heteroatoms. The van der Waals surface area contributed by atoms with Crippen molar-refractivity contribution in [3.8, 4) is 0 Å². The van der Waals surface area contributed by atoms with Gasteiger partial charge in [-0.1, -0.05) is 17.7 Å². The molecule has 2 amide bonds. The lowest BCUT2D eigenvalue weighted by molar-refractivity contribution is 0.0776. The van der Waals surface area contributed by atoms with Crippen LogP contribution in [-0.4, -0.2) is 48.1 Å². The predicted molar refractivity (Wildman–Crippen MR) is 76.6 cm³/mol. The predicted octanol–water partition coefficient (Wildman–Crippen LogP) is 2.65. The van der Waals surface area contributed by atoms with Crippen LogP contribution in [0.4, 0.5) is 10.5 Å². The number of carbonyl (C=O) groups excluding carboxylic acids is 1. The molecule has 19 heavy (non-hydrogen) atoms. The molecule has 2 fully saturated rings. The van der Waals surface area contributed by atoms with Crippen molar-refractivity contribution in [2.24, 2.45) is 0 Å². The molecule has 0 unspecified atom stereocenters. The number of anilines is 1. The van der Waals surface area contributed by atoms with Crippen molar-refractivity contribution in [2.75, 3.05) is 31.5 Å². The van der Waals surface area contributed by atoms with Gasteiger partial charge in [0.2, 0.25) is 0 Å². The van der Waals surface area contributed by atoms with Crippen molar-refractivity contribution in [3.63, 3.8) is 0 Å². The molecule has 2 saturated heterocycles. The molecular formula is C14H18ClN3O. The summed E-state index contributed by atoms with van der Waals surface area (Å²) in [6, 6.07) is 7.77. The average Bonchev–Trinajstić information content (AvgIpc) is 2.80. The van der Waals surface area contributed by atoms with E-state index in [1.807, 2.05) is 17.0 Å². The Kier molecular flexibility index (Phi) is 3.62. The van der Waals surface area contributed by atoms with Gasteiger partial charge in [-0.05, 0) is 44.1 Å². The summed E-state index contributed by atoms with van der Waals surface area (Å²) in [5.74, 6) is 0.